The predicted octanol–water partition coefficient (Wildman–Crippen LogP) is 11.0. The van der Waals surface area contributed by atoms with E-state index in [4.69, 9.17) is 18.9 Å². The maximum absolute atomic E-state index is 12.8. The van der Waals surface area contributed by atoms with Crippen LogP contribution in [0.4, 0.5) is 0 Å². The highest BCUT2D eigenvalue weighted by atomic mass is 16.7. The molecule has 0 radical (unpaired) electrons. The Morgan fingerprint density at radius 1 is 0.525 bits per heavy atom. The Labute approximate surface area is 370 Å². The van der Waals surface area contributed by atoms with E-state index in [1.165, 1.54) is 83.5 Å². The molecule has 0 aromatic carbocycles. The molecule has 0 amide bonds. The molecule has 1 aliphatic heterocycles. The van der Waals surface area contributed by atoms with Crippen LogP contribution >= 0.6 is 0 Å². The van der Waals surface area contributed by atoms with Gasteiger partial charge in [0.1, 0.15) is 31.0 Å². The molecule has 0 saturated carbocycles. The predicted molar refractivity (Wildman–Crippen MR) is 247 cm³/mol. The van der Waals surface area contributed by atoms with E-state index < -0.39 is 55.4 Å². The van der Waals surface area contributed by atoms with E-state index in [2.05, 4.69) is 74.6 Å². The summed E-state index contributed by atoms with van der Waals surface area (Å²) in [4.78, 5) is 25.4. The lowest BCUT2D eigenvalue weighted by Gasteiger charge is -2.39. The van der Waals surface area contributed by atoms with Gasteiger partial charge in [-0.05, 0) is 57.8 Å². The fourth-order valence-electron chi connectivity index (χ4n) is 7.10. The van der Waals surface area contributed by atoms with Crippen LogP contribution < -0.4 is 0 Å². The number of esters is 2. The van der Waals surface area contributed by atoms with Gasteiger partial charge in [-0.25, -0.2) is 0 Å². The molecule has 0 aromatic heterocycles. The van der Waals surface area contributed by atoms with Gasteiger partial charge in [-0.3, -0.25) is 9.59 Å². The summed E-state index contributed by atoms with van der Waals surface area (Å²) in [7, 11) is 0. The molecule has 10 heteroatoms. The summed E-state index contributed by atoms with van der Waals surface area (Å²) >= 11 is 0. The number of carbonyl (C=O) groups is 2. The molecular formula is C51H88O10. The maximum Gasteiger partial charge on any atom is 0.306 e. The molecule has 0 spiro atoms. The summed E-state index contributed by atoms with van der Waals surface area (Å²) in [6.07, 6.45) is 43.7. The Kier molecular flexibility index (Phi) is 38.3. The first-order chi connectivity index (χ1) is 29.8. The molecule has 2 unspecified atom stereocenters. The Morgan fingerprint density at radius 3 is 1.46 bits per heavy atom. The van der Waals surface area contributed by atoms with Gasteiger partial charge in [-0.2, -0.15) is 0 Å². The molecule has 352 valence electrons. The molecule has 0 aromatic rings. The van der Waals surface area contributed by atoms with Gasteiger partial charge < -0.3 is 39.4 Å². The molecule has 1 heterocycles. The third-order valence-corrected chi connectivity index (χ3v) is 10.9. The third-order valence-electron chi connectivity index (χ3n) is 10.9. The molecule has 1 saturated heterocycles. The van der Waals surface area contributed by atoms with Crippen molar-refractivity contribution in [3.63, 3.8) is 0 Å². The van der Waals surface area contributed by atoms with Crippen molar-refractivity contribution in [2.45, 2.75) is 230 Å². The summed E-state index contributed by atoms with van der Waals surface area (Å²) in [5.74, 6) is -0.841. The number of unbranched alkanes of at least 4 members (excludes halogenated alkanes) is 19. The van der Waals surface area contributed by atoms with E-state index in [9.17, 15) is 30.0 Å². The van der Waals surface area contributed by atoms with Crippen LogP contribution in [0.1, 0.15) is 194 Å². The zero-order valence-electron chi connectivity index (χ0n) is 38.4. The van der Waals surface area contributed by atoms with E-state index >= 15 is 0 Å². The zero-order chi connectivity index (χ0) is 44.4. The average molecular weight is 861 g/mol. The van der Waals surface area contributed by atoms with Crippen LogP contribution in [0.3, 0.4) is 0 Å². The van der Waals surface area contributed by atoms with Crippen LogP contribution in [0.2, 0.25) is 0 Å². The summed E-state index contributed by atoms with van der Waals surface area (Å²) < 4.78 is 22.2. The number of hydrogen-bond donors (Lipinski definition) is 4. The highest BCUT2D eigenvalue weighted by Gasteiger charge is 2.44. The lowest BCUT2D eigenvalue weighted by molar-refractivity contribution is -0.305. The lowest BCUT2D eigenvalue weighted by Crippen LogP contribution is -2.59. The minimum atomic E-state index is -1.60. The van der Waals surface area contributed by atoms with E-state index in [-0.39, 0.29) is 26.1 Å². The number of carbonyl (C=O) groups excluding carboxylic acids is 2. The van der Waals surface area contributed by atoms with Gasteiger partial charge in [0.05, 0.1) is 13.2 Å². The normalized spacial score (nSPS) is 20.3. The smallest absolute Gasteiger partial charge is 0.306 e. The number of ether oxygens (including phenoxy) is 4. The molecule has 1 aliphatic rings. The van der Waals surface area contributed by atoms with Crippen molar-refractivity contribution in [1.82, 2.24) is 0 Å². The zero-order valence-corrected chi connectivity index (χ0v) is 38.4. The quantitative estimate of drug-likeness (QED) is 0.0266. The third kappa shape index (κ3) is 32.7. The molecule has 1 fully saturated rings. The van der Waals surface area contributed by atoms with Crippen LogP contribution in [-0.4, -0.2) is 89.0 Å². The highest BCUT2D eigenvalue weighted by Crippen LogP contribution is 2.23. The summed E-state index contributed by atoms with van der Waals surface area (Å²) in [5, 5.41) is 40.1. The van der Waals surface area contributed by atoms with Crippen LogP contribution in [0.5, 0.6) is 0 Å². The minimum Gasteiger partial charge on any atom is -0.462 e. The SMILES string of the molecule is CC/C=C/C/C=C/C/C=C/C/C=C/C/C=C/CCCCCC(=O)OC[C@@H](CO[C@H]1O[C@@H](CO)[C@@H](O)C(O)C1O)OC(=O)CCCCCCCCCCCCCCCCCCC. The monoisotopic (exact) mass is 861 g/mol. The molecule has 1 rings (SSSR count). The summed E-state index contributed by atoms with van der Waals surface area (Å²) in [6.45, 7) is 3.29. The first-order valence-corrected chi connectivity index (χ1v) is 24.4. The first kappa shape index (κ1) is 56.4. The Hall–Kier alpha value is -2.60. The number of allylic oxidation sites excluding steroid dienone is 10. The fraction of sp³-hybridized carbons (Fsp3) is 0.765. The molecule has 6 atom stereocenters. The van der Waals surface area contributed by atoms with Crippen molar-refractivity contribution in [1.29, 1.82) is 0 Å². The van der Waals surface area contributed by atoms with Gasteiger partial charge in [0.2, 0.25) is 0 Å². The standard InChI is InChI=1S/C51H88O10/c1-3-5-7-9-11-13-15-17-19-21-22-24-25-27-29-31-33-35-37-39-46(53)58-42-44(43-59-51-50(57)49(56)48(55)45(41-52)61-51)60-47(54)40-38-36-34-32-30-28-26-23-20-18-16-14-12-10-8-6-4-2/h5,7,11,13,17,19,22,24,27,29,44-45,48-52,55-57H,3-4,6,8-10,12,14-16,18,20-21,23,25-26,28,30-43H2,1-2H3/b7-5+,13-11+,19-17+,24-22+,29-27+/t44-,45-,48+,49?,50?,51-/m0/s1. The highest BCUT2D eigenvalue weighted by molar-refractivity contribution is 5.70. The van der Waals surface area contributed by atoms with Crippen molar-refractivity contribution < 1.29 is 49.0 Å². The number of rotatable bonds is 40. The average Bonchev–Trinajstić information content (AvgIpc) is 3.26. The van der Waals surface area contributed by atoms with Crippen LogP contribution in [0, 0.1) is 0 Å². The van der Waals surface area contributed by atoms with Crippen LogP contribution in [0.15, 0.2) is 60.8 Å². The summed E-state index contributed by atoms with van der Waals surface area (Å²) in [6, 6.07) is 0. The Balaban J connectivity index is 2.32. The summed E-state index contributed by atoms with van der Waals surface area (Å²) in [5.41, 5.74) is 0. The minimum absolute atomic E-state index is 0.223. The van der Waals surface area contributed by atoms with E-state index in [1.807, 2.05) is 0 Å². The first-order valence-electron chi connectivity index (χ1n) is 24.4. The van der Waals surface area contributed by atoms with E-state index in [0.29, 0.717) is 12.8 Å². The van der Waals surface area contributed by atoms with Crippen molar-refractivity contribution in [2.75, 3.05) is 19.8 Å². The van der Waals surface area contributed by atoms with Gasteiger partial charge >= 0.3 is 11.9 Å². The van der Waals surface area contributed by atoms with Crippen molar-refractivity contribution in [3.8, 4) is 0 Å². The number of aliphatic hydroxyl groups excluding tert-OH is 4. The van der Waals surface area contributed by atoms with Crippen molar-refractivity contribution in [3.05, 3.63) is 60.8 Å². The topological polar surface area (TPSA) is 152 Å². The number of hydrogen-bond acceptors (Lipinski definition) is 10. The molecule has 0 aliphatic carbocycles. The molecule has 61 heavy (non-hydrogen) atoms. The number of aliphatic hydroxyl groups is 4. The Morgan fingerprint density at radius 2 is 0.967 bits per heavy atom. The van der Waals surface area contributed by atoms with Gasteiger partial charge in [0, 0.05) is 12.8 Å². The second-order valence-corrected chi connectivity index (χ2v) is 16.5. The van der Waals surface area contributed by atoms with E-state index in [1.54, 1.807) is 0 Å². The van der Waals surface area contributed by atoms with Gasteiger partial charge in [-0.1, -0.05) is 184 Å². The van der Waals surface area contributed by atoms with Gasteiger partial charge in [0.15, 0.2) is 12.4 Å². The van der Waals surface area contributed by atoms with E-state index in [0.717, 1.165) is 70.6 Å². The molecular weight excluding hydrogens is 773 g/mol. The maximum atomic E-state index is 12.8. The van der Waals surface area contributed by atoms with Gasteiger partial charge in [0.25, 0.3) is 0 Å². The van der Waals surface area contributed by atoms with Crippen molar-refractivity contribution in [2.24, 2.45) is 0 Å². The Bertz CT molecular complexity index is 1180. The second-order valence-electron chi connectivity index (χ2n) is 16.5. The molecule has 4 N–H and O–H groups in total. The lowest BCUT2D eigenvalue weighted by atomic mass is 9.99. The molecule has 0 bridgehead atoms. The van der Waals surface area contributed by atoms with Crippen LogP contribution in [0.25, 0.3) is 0 Å². The van der Waals surface area contributed by atoms with Crippen LogP contribution in [-0.2, 0) is 28.5 Å². The largest absolute Gasteiger partial charge is 0.462 e. The fourth-order valence-corrected chi connectivity index (χ4v) is 7.10. The second kappa shape index (κ2) is 41.4. The van der Waals surface area contributed by atoms with Gasteiger partial charge in [-0.15, -0.1) is 0 Å². The molecule has 10 nitrogen and oxygen atoms in total. The van der Waals surface area contributed by atoms with Crippen molar-refractivity contribution >= 4 is 11.9 Å².